The minimum atomic E-state index is -0.468. The van der Waals surface area contributed by atoms with Gasteiger partial charge in [0, 0.05) is 6.42 Å². The number of methoxy groups -OCH3 is 1. The lowest BCUT2D eigenvalue weighted by Gasteiger charge is -2.13. The molecule has 0 heterocycles. The largest absolute Gasteiger partial charge is 0.468 e. The molecule has 3 heteroatoms. The van der Waals surface area contributed by atoms with E-state index in [9.17, 15) is 9.59 Å². The summed E-state index contributed by atoms with van der Waals surface area (Å²) < 4.78 is 4.64. The van der Waals surface area contributed by atoms with Gasteiger partial charge < -0.3 is 4.74 Å². The molecule has 13 heavy (non-hydrogen) atoms. The quantitative estimate of drug-likeness (QED) is 0.449. The van der Waals surface area contributed by atoms with Crippen LogP contribution in [-0.2, 0) is 14.3 Å². The average Bonchev–Trinajstić information content (AvgIpc) is 2.48. The van der Waals surface area contributed by atoms with Gasteiger partial charge in [-0.15, -0.1) is 0 Å². The van der Waals surface area contributed by atoms with E-state index in [0.29, 0.717) is 12.3 Å². The summed E-state index contributed by atoms with van der Waals surface area (Å²) in [5.74, 6) is -0.0780. The van der Waals surface area contributed by atoms with E-state index in [1.807, 2.05) is 0 Å². The maximum absolute atomic E-state index is 11.4. The Morgan fingerprint density at radius 1 is 1.54 bits per heavy atom. The van der Waals surface area contributed by atoms with Crippen LogP contribution < -0.4 is 0 Å². The van der Waals surface area contributed by atoms with E-state index in [4.69, 9.17) is 0 Å². The summed E-state index contributed by atoms with van der Waals surface area (Å²) in [6, 6.07) is 0. The summed E-state index contributed by atoms with van der Waals surface area (Å²) >= 11 is 0. The van der Waals surface area contributed by atoms with Crippen LogP contribution in [0.2, 0.25) is 0 Å². The molecule has 0 saturated heterocycles. The Bertz CT molecular complexity index is 280. The maximum atomic E-state index is 11.4. The summed E-state index contributed by atoms with van der Waals surface area (Å²) in [7, 11) is 1.35. The van der Waals surface area contributed by atoms with Gasteiger partial charge in [0.1, 0.15) is 11.7 Å². The van der Waals surface area contributed by atoms with Gasteiger partial charge in [0.2, 0.25) is 0 Å². The molecule has 2 aliphatic carbocycles. The van der Waals surface area contributed by atoms with Crippen LogP contribution in [0.1, 0.15) is 20.3 Å². The van der Waals surface area contributed by atoms with Crippen LogP contribution in [0, 0.1) is 23.2 Å². The predicted molar refractivity (Wildman–Crippen MR) is 45.9 cm³/mol. The Kier molecular flexibility index (Phi) is 1.57. The van der Waals surface area contributed by atoms with Crippen molar-refractivity contribution in [3.05, 3.63) is 0 Å². The highest BCUT2D eigenvalue weighted by Crippen LogP contribution is 2.67. The molecule has 0 aromatic carbocycles. The predicted octanol–water partition coefficient (Wildman–Crippen LogP) is 1.02. The van der Waals surface area contributed by atoms with Crippen molar-refractivity contribution in [3.63, 3.8) is 0 Å². The van der Waals surface area contributed by atoms with Crippen LogP contribution in [0.5, 0.6) is 0 Å². The number of carbonyl (C=O) groups excluding carboxylic acids is 2. The summed E-state index contributed by atoms with van der Waals surface area (Å²) in [6.45, 7) is 4.23. The zero-order chi connectivity index (χ0) is 9.80. The van der Waals surface area contributed by atoms with Gasteiger partial charge in [-0.2, -0.15) is 0 Å². The van der Waals surface area contributed by atoms with E-state index in [1.165, 1.54) is 7.11 Å². The van der Waals surface area contributed by atoms with Gasteiger partial charge in [-0.3, -0.25) is 9.59 Å². The first-order valence-electron chi connectivity index (χ1n) is 4.60. The van der Waals surface area contributed by atoms with Crippen LogP contribution in [0.15, 0.2) is 0 Å². The Balaban J connectivity index is 2.19. The molecule has 3 nitrogen and oxygen atoms in total. The van der Waals surface area contributed by atoms with Crippen molar-refractivity contribution < 1.29 is 14.3 Å². The fourth-order valence-electron chi connectivity index (χ4n) is 2.79. The van der Waals surface area contributed by atoms with Gasteiger partial charge in [-0.05, 0) is 17.3 Å². The van der Waals surface area contributed by atoms with Crippen LogP contribution >= 0.6 is 0 Å². The van der Waals surface area contributed by atoms with Crippen LogP contribution in [0.25, 0.3) is 0 Å². The lowest BCUT2D eigenvalue weighted by atomic mass is 9.92. The van der Waals surface area contributed by atoms with E-state index in [1.54, 1.807) is 0 Å². The van der Waals surface area contributed by atoms with E-state index >= 15 is 0 Å². The Morgan fingerprint density at radius 3 is 2.62 bits per heavy atom. The number of fused-ring (bicyclic) bond motifs is 1. The fraction of sp³-hybridized carbons (Fsp3) is 0.800. The van der Waals surface area contributed by atoms with Crippen molar-refractivity contribution in [3.8, 4) is 0 Å². The number of carbonyl (C=O) groups is 2. The SMILES string of the molecule is COC(=O)C1C(=O)C[C@@H]2[C@H]1C2(C)C. The third-order valence-corrected chi connectivity index (χ3v) is 3.72. The molecule has 0 amide bonds. The second kappa shape index (κ2) is 2.34. The highest BCUT2D eigenvalue weighted by atomic mass is 16.5. The van der Waals surface area contributed by atoms with Gasteiger partial charge >= 0.3 is 5.97 Å². The van der Waals surface area contributed by atoms with Gasteiger partial charge in [-0.25, -0.2) is 0 Å². The molecular formula is C10H14O3. The molecule has 2 aliphatic rings. The summed E-state index contributed by atoms with van der Waals surface area (Å²) in [6.07, 6.45) is 0.567. The molecule has 0 N–H and O–H groups in total. The minimum Gasteiger partial charge on any atom is -0.468 e. The van der Waals surface area contributed by atoms with Gasteiger partial charge in [0.15, 0.2) is 0 Å². The van der Waals surface area contributed by atoms with Gasteiger partial charge in [0.25, 0.3) is 0 Å². The highest BCUT2D eigenvalue weighted by molar-refractivity contribution is 6.02. The zero-order valence-electron chi connectivity index (χ0n) is 8.16. The molecular weight excluding hydrogens is 168 g/mol. The lowest BCUT2D eigenvalue weighted by Crippen LogP contribution is -2.26. The number of rotatable bonds is 1. The first-order valence-corrected chi connectivity index (χ1v) is 4.60. The monoisotopic (exact) mass is 182 g/mol. The number of Topliss-reactive ketones (excluding diaryl/α,β-unsaturated/α-hetero) is 1. The molecule has 0 aromatic heterocycles. The van der Waals surface area contributed by atoms with E-state index in [0.717, 1.165) is 0 Å². The summed E-state index contributed by atoms with van der Waals surface area (Å²) in [4.78, 5) is 22.7. The third-order valence-electron chi connectivity index (χ3n) is 3.72. The molecule has 3 atom stereocenters. The van der Waals surface area contributed by atoms with Crippen molar-refractivity contribution in [2.45, 2.75) is 20.3 Å². The van der Waals surface area contributed by atoms with Crippen LogP contribution in [-0.4, -0.2) is 18.9 Å². The number of ketones is 1. The Morgan fingerprint density at radius 2 is 2.15 bits per heavy atom. The van der Waals surface area contributed by atoms with Crippen LogP contribution in [0.4, 0.5) is 0 Å². The van der Waals surface area contributed by atoms with Crippen LogP contribution in [0.3, 0.4) is 0 Å². The number of hydrogen-bond acceptors (Lipinski definition) is 3. The van der Waals surface area contributed by atoms with E-state index < -0.39 is 5.92 Å². The van der Waals surface area contributed by atoms with E-state index in [-0.39, 0.29) is 23.1 Å². The zero-order valence-corrected chi connectivity index (χ0v) is 8.16. The number of ether oxygens (including phenoxy) is 1. The summed E-state index contributed by atoms with van der Waals surface area (Å²) in [5, 5.41) is 0. The Hall–Kier alpha value is -0.860. The molecule has 1 unspecified atom stereocenters. The Labute approximate surface area is 77.4 Å². The van der Waals surface area contributed by atoms with Gasteiger partial charge in [0.05, 0.1) is 7.11 Å². The molecule has 2 rings (SSSR count). The topological polar surface area (TPSA) is 43.4 Å². The molecule has 0 radical (unpaired) electrons. The summed E-state index contributed by atoms with van der Waals surface area (Å²) in [5.41, 5.74) is 0.173. The van der Waals surface area contributed by atoms with Crippen molar-refractivity contribution in [1.29, 1.82) is 0 Å². The van der Waals surface area contributed by atoms with Crippen molar-refractivity contribution in [1.82, 2.24) is 0 Å². The minimum absolute atomic E-state index is 0.0705. The standard InChI is InChI=1S/C10H14O3/c1-10(2)5-4-6(11)7(8(5)10)9(12)13-3/h5,7-8H,4H2,1-3H3/t5-,7?,8-/m1/s1. The second-order valence-electron chi connectivity index (χ2n) is 4.62. The lowest BCUT2D eigenvalue weighted by molar-refractivity contribution is -0.149. The third kappa shape index (κ3) is 0.960. The van der Waals surface area contributed by atoms with Gasteiger partial charge in [-0.1, -0.05) is 13.8 Å². The first kappa shape index (κ1) is 8.73. The fourth-order valence-corrected chi connectivity index (χ4v) is 2.79. The smallest absolute Gasteiger partial charge is 0.316 e. The number of esters is 1. The molecule has 0 aliphatic heterocycles. The molecule has 2 fully saturated rings. The first-order chi connectivity index (χ1) is 6.00. The highest BCUT2D eigenvalue weighted by Gasteiger charge is 2.69. The van der Waals surface area contributed by atoms with Crippen molar-refractivity contribution >= 4 is 11.8 Å². The average molecular weight is 182 g/mol. The molecule has 0 aromatic rings. The van der Waals surface area contributed by atoms with E-state index in [2.05, 4.69) is 18.6 Å². The normalized spacial score (nSPS) is 39.9. The second-order valence-corrected chi connectivity index (χ2v) is 4.62. The molecule has 72 valence electrons. The van der Waals surface area contributed by atoms with Crippen molar-refractivity contribution in [2.24, 2.45) is 23.2 Å². The maximum Gasteiger partial charge on any atom is 0.316 e. The molecule has 0 spiro atoms. The molecule has 0 bridgehead atoms. The molecule has 2 saturated carbocycles. The van der Waals surface area contributed by atoms with Crippen molar-refractivity contribution in [2.75, 3.05) is 7.11 Å². The number of hydrogen-bond donors (Lipinski definition) is 0.